The lowest BCUT2D eigenvalue weighted by atomic mass is 10.0. The number of aryl methyl sites for hydroxylation is 1. The molecular formula is C9H17N3O2. The van der Waals surface area contributed by atoms with E-state index >= 15 is 0 Å². The Bertz CT molecular complexity index is 283. The monoisotopic (exact) mass is 199 g/mol. The normalized spacial score (nSPS) is 15.4. The van der Waals surface area contributed by atoms with Crippen molar-refractivity contribution in [3.8, 4) is 0 Å². The van der Waals surface area contributed by atoms with Crippen LogP contribution in [0.4, 0.5) is 0 Å². The van der Waals surface area contributed by atoms with Crippen LogP contribution < -0.4 is 0 Å². The van der Waals surface area contributed by atoms with Crippen LogP contribution in [0.15, 0.2) is 6.20 Å². The summed E-state index contributed by atoms with van der Waals surface area (Å²) in [5.41, 5.74) is -0.325. The Morgan fingerprint density at radius 3 is 2.93 bits per heavy atom. The zero-order valence-corrected chi connectivity index (χ0v) is 8.90. The number of nitrogens with zero attached hydrogens (tertiary/aromatic N) is 3. The van der Waals surface area contributed by atoms with Crippen LogP contribution in [0.5, 0.6) is 0 Å². The minimum atomic E-state index is -1.02. The summed E-state index contributed by atoms with van der Waals surface area (Å²) in [5, 5.41) is 17.7. The molecule has 1 atom stereocenters. The van der Waals surface area contributed by atoms with Crippen molar-refractivity contribution in [1.29, 1.82) is 0 Å². The van der Waals surface area contributed by atoms with Gasteiger partial charge in [-0.25, -0.2) is 4.68 Å². The fourth-order valence-electron chi connectivity index (χ4n) is 1.41. The third-order valence-corrected chi connectivity index (χ3v) is 2.03. The molecule has 5 nitrogen and oxygen atoms in total. The third kappa shape index (κ3) is 2.30. The first-order valence-electron chi connectivity index (χ1n) is 4.72. The van der Waals surface area contributed by atoms with Gasteiger partial charge in [-0.3, -0.25) is 0 Å². The van der Waals surface area contributed by atoms with Gasteiger partial charge in [0.25, 0.3) is 0 Å². The predicted molar refractivity (Wildman–Crippen MR) is 51.8 cm³/mol. The summed E-state index contributed by atoms with van der Waals surface area (Å²) in [6, 6.07) is 0. The lowest BCUT2D eigenvalue weighted by molar-refractivity contribution is -0.0272. The Morgan fingerprint density at radius 1 is 1.64 bits per heavy atom. The molecule has 1 aromatic heterocycles. The molecule has 80 valence electrons. The maximum absolute atomic E-state index is 10.1. The standard InChI is InChI=1S/C9H17N3O2/c1-4-5-12-8(6-10-11-12)9(2,13)7-14-3/h6,13H,4-5,7H2,1-3H3. The molecule has 14 heavy (non-hydrogen) atoms. The molecule has 1 unspecified atom stereocenters. The van der Waals surface area contributed by atoms with Crippen LogP contribution in [0.25, 0.3) is 0 Å². The average molecular weight is 199 g/mol. The topological polar surface area (TPSA) is 60.2 Å². The molecule has 0 aromatic carbocycles. The molecule has 0 spiro atoms. The van der Waals surface area contributed by atoms with E-state index in [1.807, 2.05) is 0 Å². The number of aromatic nitrogens is 3. The molecule has 0 fully saturated rings. The number of rotatable bonds is 5. The summed E-state index contributed by atoms with van der Waals surface area (Å²) in [7, 11) is 1.56. The molecule has 0 bridgehead atoms. The van der Waals surface area contributed by atoms with Gasteiger partial charge in [0.05, 0.1) is 18.5 Å². The highest BCUT2D eigenvalue weighted by Gasteiger charge is 2.27. The second-order valence-corrected chi connectivity index (χ2v) is 3.55. The molecule has 0 saturated heterocycles. The van der Waals surface area contributed by atoms with Crippen molar-refractivity contribution < 1.29 is 9.84 Å². The molecule has 1 N–H and O–H groups in total. The van der Waals surface area contributed by atoms with Crippen molar-refractivity contribution in [2.45, 2.75) is 32.4 Å². The molecule has 0 aliphatic rings. The van der Waals surface area contributed by atoms with Gasteiger partial charge in [-0.05, 0) is 13.3 Å². The molecular weight excluding hydrogens is 182 g/mol. The van der Waals surface area contributed by atoms with Gasteiger partial charge in [0.15, 0.2) is 0 Å². The zero-order chi connectivity index (χ0) is 10.6. The van der Waals surface area contributed by atoms with Crippen LogP contribution in [0, 0.1) is 0 Å². The van der Waals surface area contributed by atoms with Crippen LogP contribution >= 0.6 is 0 Å². The van der Waals surface area contributed by atoms with Crippen LogP contribution in [0.2, 0.25) is 0 Å². The molecule has 0 aliphatic heterocycles. The van der Waals surface area contributed by atoms with Crippen molar-refractivity contribution >= 4 is 0 Å². The molecule has 5 heteroatoms. The quantitative estimate of drug-likeness (QED) is 0.752. The summed E-state index contributed by atoms with van der Waals surface area (Å²) >= 11 is 0. The van der Waals surface area contributed by atoms with Gasteiger partial charge in [-0.15, -0.1) is 5.10 Å². The first kappa shape index (κ1) is 11.1. The SMILES string of the molecule is CCCn1nncc1C(C)(O)COC. The van der Waals surface area contributed by atoms with Gasteiger partial charge < -0.3 is 9.84 Å². The van der Waals surface area contributed by atoms with Crippen molar-refractivity contribution in [2.24, 2.45) is 0 Å². The highest BCUT2D eigenvalue weighted by Crippen LogP contribution is 2.19. The first-order valence-corrected chi connectivity index (χ1v) is 4.72. The molecule has 0 aliphatic carbocycles. The average Bonchev–Trinajstić information content (AvgIpc) is 2.53. The van der Waals surface area contributed by atoms with Gasteiger partial charge in [0, 0.05) is 13.7 Å². The number of ether oxygens (including phenoxy) is 1. The first-order chi connectivity index (χ1) is 6.61. The number of aliphatic hydroxyl groups is 1. The Balaban J connectivity index is 2.87. The Labute approximate surface area is 83.7 Å². The third-order valence-electron chi connectivity index (χ3n) is 2.03. The fraction of sp³-hybridized carbons (Fsp3) is 0.778. The van der Waals surface area contributed by atoms with Crippen molar-refractivity contribution in [3.63, 3.8) is 0 Å². The largest absolute Gasteiger partial charge is 0.381 e. The van der Waals surface area contributed by atoms with Crippen molar-refractivity contribution in [1.82, 2.24) is 15.0 Å². The molecule has 1 heterocycles. The number of hydrogen-bond acceptors (Lipinski definition) is 4. The molecule has 1 aromatic rings. The fourth-order valence-corrected chi connectivity index (χ4v) is 1.41. The number of methoxy groups -OCH3 is 1. The van der Waals surface area contributed by atoms with Crippen LogP contribution in [0.1, 0.15) is 26.0 Å². The van der Waals surface area contributed by atoms with E-state index in [-0.39, 0.29) is 6.61 Å². The summed E-state index contributed by atoms with van der Waals surface area (Å²) in [6.07, 6.45) is 2.54. The molecule has 0 amide bonds. The van der Waals surface area contributed by atoms with E-state index in [4.69, 9.17) is 4.74 Å². The Kier molecular flexibility index (Phi) is 3.60. The highest BCUT2D eigenvalue weighted by molar-refractivity contribution is 5.06. The maximum atomic E-state index is 10.1. The molecule has 0 saturated carbocycles. The van der Waals surface area contributed by atoms with E-state index in [0.717, 1.165) is 13.0 Å². The maximum Gasteiger partial charge on any atom is 0.128 e. The summed E-state index contributed by atoms with van der Waals surface area (Å²) < 4.78 is 6.65. The van der Waals surface area contributed by atoms with Crippen molar-refractivity contribution in [2.75, 3.05) is 13.7 Å². The molecule has 0 radical (unpaired) electrons. The second-order valence-electron chi connectivity index (χ2n) is 3.55. The van der Waals surface area contributed by atoms with Gasteiger partial charge in [-0.2, -0.15) is 0 Å². The smallest absolute Gasteiger partial charge is 0.128 e. The predicted octanol–water partition coefficient (Wildman–Crippen LogP) is 0.542. The van der Waals surface area contributed by atoms with Crippen LogP contribution in [0.3, 0.4) is 0 Å². The van der Waals surface area contributed by atoms with Crippen LogP contribution in [-0.2, 0) is 16.9 Å². The van der Waals surface area contributed by atoms with E-state index in [1.165, 1.54) is 0 Å². The number of hydrogen-bond donors (Lipinski definition) is 1. The minimum Gasteiger partial charge on any atom is -0.381 e. The lowest BCUT2D eigenvalue weighted by Crippen LogP contribution is -2.30. The van der Waals surface area contributed by atoms with Gasteiger partial charge in [-0.1, -0.05) is 12.1 Å². The van der Waals surface area contributed by atoms with Crippen LogP contribution in [-0.4, -0.2) is 33.8 Å². The van der Waals surface area contributed by atoms with Gasteiger partial charge in [0.2, 0.25) is 0 Å². The summed E-state index contributed by atoms with van der Waals surface area (Å²) in [6.45, 7) is 4.75. The zero-order valence-electron chi connectivity index (χ0n) is 8.90. The summed E-state index contributed by atoms with van der Waals surface area (Å²) in [5.74, 6) is 0. The lowest BCUT2D eigenvalue weighted by Gasteiger charge is -2.22. The Hall–Kier alpha value is -0.940. The molecule has 1 rings (SSSR count). The minimum absolute atomic E-state index is 0.240. The summed E-state index contributed by atoms with van der Waals surface area (Å²) in [4.78, 5) is 0. The van der Waals surface area contributed by atoms with E-state index in [9.17, 15) is 5.11 Å². The van der Waals surface area contributed by atoms with Gasteiger partial charge in [0.1, 0.15) is 5.60 Å². The van der Waals surface area contributed by atoms with E-state index < -0.39 is 5.60 Å². The van der Waals surface area contributed by atoms with E-state index in [1.54, 1.807) is 24.9 Å². The Morgan fingerprint density at radius 2 is 2.36 bits per heavy atom. The highest BCUT2D eigenvalue weighted by atomic mass is 16.5. The second kappa shape index (κ2) is 4.52. The van der Waals surface area contributed by atoms with E-state index in [2.05, 4.69) is 17.2 Å². The van der Waals surface area contributed by atoms with E-state index in [0.29, 0.717) is 5.69 Å². The van der Waals surface area contributed by atoms with Gasteiger partial charge >= 0.3 is 0 Å². The van der Waals surface area contributed by atoms with Crippen molar-refractivity contribution in [3.05, 3.63) is 11.9 Å².